The fourth-order valence-electron chi connectivity index (χ4n) is 3.38. The van der Waals surface area contributed by atoms with Gasteiger partial charge in [0, 0.05) is 24.3 Å². The lowest BCUT2D eigenvalue weighted by atomic mass is 10.1. The predicted octanol–water partition coefficient (Wildman–Crippen LogP) is 3.16. The molecule has 5 amide bonds. The highest BCUT2D eigenvalue weighted by Gasteiger charge is 2.40. The number of ether oxygens (including phenoxy) is 1. The van der Waals surface area contributed by atoms with Gasteiger partial charge in [0.15, 0.2) is 0 Å². The number of alkyl carbamates (subject to hydrolysis) is 1. The molecule has 0 aromatic heterocycles. The Morgan fingerprint density at radius 3 is 1.91 bits per heavy atom. The van der Waals surface area contributed by atoms with E-state index in [4.69, 9.17) is 4.74 Å². The Balaban J connectivity index is 1.49. The number of anilines is 2. The number of carbonyl (C=O) groups is 5. The second kappa shape index (κ2) is 10.4. The quantitative estimate of drug-likeness (QED) is 0.521. The normalized spacial score (nSPS) is 13.7. The first-order valence-corrected chi connectivity index (χ1v) is 11.1. The molecule has 35 heavy (non-hydrogen) atoms. The van der Waals surface area contributed by atoms with E-state index in [1.54, 1.807) is 69.3 Å². The summed E-state index contributed by atoms with van der Waals surface area (Å²) in [4.78, 5) is 62.5. The fraction of sp³-hybridized carbons (Fsp3) is 0.320. The lowest BCUT2D eigenvalue weighted by Gasteiger charge is -2.21. The lowest BCUT2D eigenvalue weighted by Crippen LogP contribution is -2.45. The van der Waals surface area contributed by atoms with E-state index in [0.29, 0.717) is 11.4 Å². The first kappa shape index (κ1) is 25.4. The van der Waals surface area contributed by atoms with Gasteiger partial charge in [0.05, 0.1) is 11.1 Å². The molecule has 3 N–H and O–H groups in total. The molecule has 1 aliphatic heterocycles. The largest absolute Gasteiger partial charge is 0.444 e. The van der Waals surface area contributed by atoms with E-state index in [1.165, 1.54) is 6.92 Å². The number of benzene rings is 2. The van der Waals surface area contributed by atoms with Crippen molar-refractivity contribution >= 4 is 41.1 Å². The zero-order chi connectivity index (χ0) is 25.8. The summed E-state index contributed by atoms with van der Waals surface area (Å²) in [6, 6.07) is 11.8. The molecule has 0 radical (unpaired) electrons. The van der Waals surface area contributed by atoms with Crippen LogP contribution in [0.4, 0.5) is 16.2 Å². The highest BCUT2D eigenvalue weighted by atomic mass is 16.6. The minimum absolute atomic E-state index is 0.0511. The maximum absolute atomic E-state index is 12.7. The van der Waals surface area contributed by atoms with Gasteiger partial charge in [0.2, 0.25) is 11.8 Å². The Morgan fingerprint density at radius 2 is 1.40 bits per heavy atom. The Morgan fingerprint density at radius 1 is 0.886 bits per heavy atom. The molecule has 0 fully saturated rings. The SMILES string of the molecule is CC(C(=O)Nc1ccc(NC(=O)CCNC(=O)OC(C)(C)C)cc1)N1C(=O)c2ccccc2C1=O. The molecule has 2 aromatic rings. The molecule has 3 rings (SSSR count). The van der Waals surface area contributed by atoms with Gasteiger partial charge in [-0.15, -0.1) is 0 Å². The number of carbonyl (C=O) groups excluding carboxylic acids is 5. The van der Waals surface area contributed by atoms with E-state index in [0.717, 1.165) is 4.90 Å². The van der Waals surface area contributed by atoms with Gasteiger partial charge in [-0.25, -0.2) is 4.79 Å². The number of rotatable bonds is 7. The van der Waals surface area contributed by atoms with E-state index >= 15 is 0 Å². The average molecular weight is 481 g/mol. The summed E-state index contributed by atoms with van der Waals surface area (Å²) in [5.41, 5.74) is 0.866. The number of hydrogen-bond donors (Lipinski definition) is 3. The van der Waals surface area contributed by atoms with Crippen LogP contribution in [0.25, 0.3) is 0 Å². The highest BCUT2D eigenvalue weighted by Crippen LogP contribution is 2.25. The van der Waals surface area contributed by atoms with Crippen molar-refractivity contribution < 1.29 is 28.7 Å². The summed E-state index contributed by atoms with van der Waals surface area (Å²) < 4.78 is 5.10. The zero-order valence-corrected chi connectivity index (χ0v) is 20.0. The van der Waals surface area contributed by atoms with Crippen molar-refractivity contribution in [3.8, 4) is 0 Å². The third-order valence-electron chi connectivity index (χ3n) is 5.05. The summed E-state index contributed by atoms with van der Waals surface area (Å²) in [6.07, 6.45) is -0.545. The highest BCUT2D eigenvalue weighted by molar-refractivity contribution is 6.23. The van der Waals surface area contributed by atoms with Crippen LogP contribution in [0, 0.1) is 0 Å². The van der Waals surface area contributed by atoms with Gasteiger partial charge in [-0.1, -0.05) is 12.1 Å². The Kier molecular flexibility index (Phi) is 7.53. The van der Waals surface area contributed by atoms with Crippen molar-refractivity contribution in [3.63, 3.8) is 0 Å². The van der Waals surface area contributed by atoms with Gasteiger partial charge in [-0.3, -0.25) is 24.1 Å². The molecule has 0 bridgehead atoms. The smallest absolute Gasteiger partial charge is 0.407 e. The van der Waals surface area contributed by atoms with Crippen LogP contribution in [0.1, 0.15) is 54.8 Å². The first-order valence-electron chi connectivity index (χ1n) is 11.1. The van der Waals surface area contributed by atoms with Gasteiger partial charge in [0.1, 0.15) is 11.6 Å². The average Bonchev–Trinajstić information content (AvgIpc) is 3.03. The maximum atomic E-state index is 12.7. The number of nitrogens with one attached hydrogen (secondary N) is 3. The second-order valence-corrected chi connectivity index (χ2v) is 9.00. The summed E-state index contributed by atoms with van der Waals surface area (Å²) in [5, 5.41) is 7.88. The van der Waals surface area contributed by atoms with Crippen LogP contribution >= 0.6 is 0 Å². The van der Waals surface area contributed by atoms with E-state index in [2.05, 4.69) is 16.0 Å². The van der Waals surface area contributed by atoms with Gasteiger partial charge in [-0.05, 0) is 64.1 Å². The van der Waals surface area contributed by atoms with Gasteiger partial charge in [0.25, 0.3) is 11.8 Å². The Bertz CT molecular complexity index is 1120. The molecule has 0 spiro atoms. The summed E-state index contributed by atoms with van der Waals surface area (Å²) >= 11 is 0. The van der Waals surface area contributed by atoms with Crippen LogP contribution < -0.4 is 16.0 Å². The van der Waals surface area contributed by atoms with Crippen LogP contribution in [0.2, 0.25) is 0 Å². The molecule has 184 valence electrons. The number of imide groups is 1. The molecule has 1 unspecified atom stereocenters. The van der Waals surface area contributed by atoms with E-state index in [-0.39, 0.29) is 30.0 Å². The molecule has 1 atom stereocenters. The van der Waals surface area contributed by atoms with Crippen molar-refractivity contribution in [2.75, 3.05) is 17.2 Å². The number of amides is 5. The van der Waals surface area contributed by atoms with E-state index < -0.39 is 35.5 Å². The van der Waals surface area contributed by atoms with Gasteiger partial charge >= 0.3 is 6.09 Å². The zero-order valence-electron chi connectivity index (χ0n) is 20.0. The number of hydrogen-bond acceptors (Lipinski definition) is 6. The molecule has 0 saturated heterocycles. The van der Waals surface area contributed by atoms with E-state index in [1.807, 2.05) is 0 Å². The maximum Gasteiger partial charge on any atom is 0.407 e. The van der Waals surface area contributed by atoms with Crippen molar-refractivity contribution in [2.45, 2.75) is 45.8 Å². The third kappa shape index (κ3) is 6.44. The fourth-order valence-corrected chi connectivity index (χ4v) is 3.38. The number of fused-ring (bicyclic) bond motifs is 1. The molecular weight excluding hydrogens is 452 g/mol. The Hall–Kier alpha value is -4.21. The second-order valence-electron chi connectivity index (χ2n) is 9.00. The summed E-state index contributed by atoms with van der Waals surface area (Å²) in [5.74, 6) is -1.85. The van der Waals surface area contributed by atoms with Gasteiger partial charge < -0.3 is 20.7 Å². The predicted molar refractivity (Wildman–Crippen MR) is 129 cm³/mol. The van der Waals surface area contributed by atoms with Crippen LogP contribution in [-0.2, 0) is 14.3 Å². The molecule has 0 saturated carbocycles. The van der Waals surface area contributed by atoms with E-state index in [9.17, 15) is 24.0 Å². The summed E-state index contributed by atoms with van der Waals surface area (Å²) in [6.45, 7) is 6.84. The third-order valence-corrected chi connectivity index (χ3v) is 5.05. The minimum Gasteiger partial charge on any atom is -0.444 e. The van der Waals surface area contributed by atoms with Crippen LogP contribution in [0.15, 0.2) is 48.5 Å². The molecule has 10 heteroatoms. The lowest BCUT2D eigenvalue weighted by molar-refractivity contribution is -0.119. The molecule has 1 heterocycles. The Labute approximate surface area is 203 Å². The molecule has 0 aliphatic carbocycles. The molecule has 1 aliphatic rings. The molecule has 2 aromatic carbocycles. The first-order chi connectivity index (χ1) is 16.5. The van der Waals surface area contributed by atoms with Crippen LogP contribution in [0.3, 0.4) is 0 Å². The monoisotopic (exact) mass is 480 g/mol. The number of nitrogens with zero attached hydrogens (tertiary/aromatic N) is 1. The van der Waals surface area contributed by atoms with Crippen molar-refractivity contribution in [2.24, 2.45) is 0 Å². The van der Waals surface area contributed by atoms with Crippen molar-refractivity contribution in [3.05, 3.63) is 59.7 Å². The summed E-state index contributed by atoms with van der Waals surface area (Å²) in [7, 11) is 0. The van der Waals surface area contributed by atoms with Crippen LogP contribution in [0.5, 0.6) is 0 Å². The molecular formula is C25H28N4O6. The molecule has 10 nitrogen and oxygen atoms in total. The standard InChI is InChI=1S/C25H28N4O6/c1-15(29-22(32)18-7-5-6-8-19(18)23(29)33)21(31)28-17-11-9-16(10-12-17)27-20(30)13-14-26-24(34)35-25(2,3)4/h5-12,15H,13-14H2,1-4H3,(H,26,34)(H,27,30)(H,28,31). The van der Waals surface area contributed by atoms with Crippen molar-refractivity contribution in [1.29, 1.82) is 0 Å². The topological polar surface area (TPSA) is 134 Å². The minimum atomic E-state index is -1.01. The van der Waals surface area contributed by atoms with Gasteiger partial charge in [-0.2, -0.15) is 0 Å². The van der Waals surface area contributed by atoms with Crippen LogP contribution in [-0.4, -0.2) is 52.8 Å². The van der Waals surface area contributed by atoms with Crippen molar-refractivity contribution in [1.82, 2.24) is 10.2 Å².